The van der Waals surface area contributed by atoms with Gasteiger partial charge in [-0.1, -0.05) is 24.6 Å². The number of halogens is 1. The number of Topliss-reactive ketones (excluding diaryl/α,β-unsaturated/α-hetero) is 1. The van der Waals surface area contributed by atoms with Gasteiger partial charge in [0.25, 0.3) is 5.91 Å². The molecule has 0 heterocycles. The SMILES string of the molecule is CCC(=O)C(C)NC(=O)c1cc(Cl)ccc1C. The molecule has 1 rings (SSSR count). The molecule has 0 aliphatic rings. The van der Waals surface area contributed by atoms with E-state index in [1.54, 1.807) is 32.0 Å². The first-order valence-electron chi connectivity index (χ1n) is 5.55. The van der Waals surface area contributed by atoms with E-state index in [1.807, 2.05) is 6.92 Å². The van der Waals surface area contributed by atoms with Gasteiger partial charge in [-0.05, 0) is 31.5 Å². The standard InChI is InChI=1S/C13H16ClNO2/c1-4-12(16)9(3)15-13(17)11-7-10(14)6-5-8(11)2/h5-7,9H,4H2,1-3H3,(H,15,17). The lowest BCUT2D eigenvalue weighted by Crippen LogP contribution is -2.38. The molecule has 17 heavy (non-hydrogen) atoms. The molecule has 0 aliphatic carbocycles. The second-order valence-corrected chi connectivity index (χ2v) is 4.41. The zero-order chi connectivity index (χ0) is 13.0. The lowest BCUT2D eigenvalue weighted by Gasteiger charge is -2.13. The highest BCUT2D eigenvalue weighted by Crippen LogP contribution is 2.15. The van der Waals surface area contributed by atoms with Crippen molar-refractivity contribution in [2.45, 2.75) is 33.2 Å². The monoisotopic (exact) mass is 253 g/mol. The normalized spacial score (nSPS) is 12.0. The van der Waals surface area contributed by atoms with E-state index in [2.05, 4.69) is 5.32 Å². The Bertz CT molecular complexity index is 443. The third-order valence-corrected chi connectivity index (χ3v) is 2.86. The average Bonchev–Trinajstić information content (AvgIpc) is 2.30. The maximum atomic E-state index is 11.9. The van der Waals surface area contributed by atoms with Crippen LogP contribution in [-0.2, 0) is 4.79 Å². The van der Waals surface area contributed by atoms with Crippen molar-refractivity contribution >= 4 is 23.3 Å². The molecule has 0 aliphatic heterocycles. The highest BCUT2D eigenvalue weighted by atomic mass is 35.5. The first kappa shape index (κ1) is 13.7. The van der Waals surface area contributed by atoms with Gasteiger partial charge in [-0.25, -0.2) is 0 Å². The lowest BCUT2D eigenvalue weighted by atomic mass is 10.1. The molecule has 0 saturated carbocycles. The van der Waals surface area contributed by atoms with E-state index < -0.39 is 6.04 Å². The number of carbonyl (C=O) groups is 2. The quantitative estimate of drug-likeness (QED) is 0.897. The second-order valence-electron chi connectivity index (χ2n) is 3.97. The number of benzene rings is 1. The van der Waals surface area contributed by atoms with Crippen LogP contribution in [0.15, 0.2) is 18.2 Å². The zero-order valence-corrected chi connectivity index (χ0v) is 11.0. The fourth-order valence-electron chi connectivity index (χ4n) is 1.50. The molecule has 4 heteroatoms. The highest BCUT2D eigenvalue weighted by Gasteiger charge is 2.16. The summed E-state index contributed by atoms with van der Waals surface area (Å²) in [5, 5.41) is 3.18. The van der Waals surface area contributed by atoms with Gasteiger partial charge in [-0.3, -0.25) is 9.59 Å². The maximum absolute atomic E-state index is 11.9. The Morgan fingerprint density at radius 3 is 2.65 bits per heavy atom. The Morgan fingerprint density at radius 1 is 1.41 bits per heavy atom. The molecular weight excluding hydrogens is 238 g/mol. The summed E-state index contributed by atoms with van der Waals surface area (Å²) in [7, 11) is 0. The molecule has 0 bridgehead atoms. The van der Waals surface area contributed by atoms with Crippen molar-refractivity contribution in [3.8, 4) is 0 Å². The van der Waals surface area contributed by atoms with Crippen molar-refractivity contribution in [2.24, 2.45) is 0 Å². The summed E-state index contributed by atoms with van der Waals surface area (Å²) in [5.41, 5.74) is 1.34. The van der Waals surface area contributed by atoms with Crippen molar-refractivity contribution < 1.29 is 9.59 Å². The first-order valence-corrected chi connectivity index (χ1v) is 5.93. The summed E-state index contributed by atoms with van der Waals surface area (Å²) in [6, 6.07) is 4.65. The van der Waals surface area contributed by atoms with Gasteiger partial charge in [0.15, 0.2) is 5.78 Å². The zero-order valence-electron chi connectivity index (χ0n) is 10.2. The van der Waals surface area contributed by atoms with Crippen LogP contribution in [0.3, 0.4) is 0 Å². The van der Waals surface area contributed by atoms with E-state index in [-0.39, 0.29) is 11.7 Å². The van der Waals surface area contributed by atoms with Crippen molar-refractivity contribution in [2.75, 3.05) is 0 Å². The van der Waals surface area contributed by atoms with E-state index in [9.17, 15) is 9.59 Å². The summed E-state index contributed by atoms with van der Waals surface area (Å²) in [6.45, 7) is 5.29. The minimum atomic E-state index is -0.467. The smallest absolute Gasteiger partial charge is 0.252 e. The first-order chi connectivity index (χ1) is 7.95. The number of rotatable bonds is 4. The molecule has 1 unspecified atom stereocenters. The molecule has 1 aromatic rings. The molecule has 92 valence electrons. The Hall–Kier alpha value is -1.35. The summed E-state index contributed by atoms with van der Waals surface area (Å²) in [5.74, 6) is -0.252. The van der Waals surface area contributed by atoms with E-state index in [1.165, 1.54) is 0 Å². The minimum absolute atomic E-state index is 0.0121. The van der Waals surface area contributed by atoms with Crippen molar-refractivity contribution in [3.63, 3.8) is 0 Å². The number of carbonyl (C=O) groups excluding carboxylic acids is 2. The summed E-state index contributed by atoms with van der Waals surface area (Å²) in [6.07, 6.45) is 0.413. The number of ketones is 1. The topological polar surface area (TPSA) is 46.2 Å². The molecule has 0 saturated heterocycles. The van der Waals surface area contributed by atoms with Crippen LogP contribution in [0.2, 0.25) is 5.02 Å². The predicted octanol–water partition coefficient (Wildman–Crippen LogP) is 2.75. The molecule has 0 aromatic heterocycles. The van der Waals surface area contributed by atoms with Crippen molar-refractivity contribution in [3.05, 3.63) is 34.3 Å². The van der Waals surface area contributed by atoms with Crippen LogP contribution in [0.4, 0.5) is 0 Å². The van der Waals surface area contributed by atoms with E-state index in [0.29, 0.717) is 17.0 Å². The maximum Gasteiger partial charge on any atom is 0.252 e. The van der Waals surface area contributed by atoms with E-state index in [4.69, 9.17) is 11.6 Å². The van der Waals surface area contributed by atoms with Crippen LogP contribution < -0.4 is 5.32 Å². The Morgan fingerprint density at radius 2 is 2.06 bits per heavy atom. The molecular formula is C13H16ClNO2. The van der Waals surface area contributed by atoms with Crippen LogP contribution in [0.1, 0.15) is 36.2 Å². The second kappa shape index (κ2) is 5.82. The van der Waals surface area contributed by atoms with Crippen molar-refractivity contribution in [1.29, 1.82) is 0 Å². The van der Waals surface area contributed by atoms with Gasteiger partial charge >= 0.3 is 0 Å². The minimum Gasteiger partial charge on any atom is -0.343 e. The predicted molar refractivity (Wildman–Crippen MR) is 68.4 cm³/mol. The molecule has 0 spiro atoms. The van der Waals surface area contributed by atoms with Crippen molar-refractivity contribution in [1.82, 2.24) is 5.32 Å². The van der Waals surface area contributed by atoms with Crippen LogP contribution in [0.5, 0.6) is 0 Å². The van der Waals surface area contributed by atoms with Crippen LogP contribution in [-0.4, -0.2) is 17.7 Å². The lowest BCUT2D eigenvalue weighted by molar-refractivity contribution is -0.120. The van der Waals surface area contributed by atoms with Crippen LogP contribution >= 0.6 is 11.6 Å². The Labute approximate surface area is 106 Å². The highest BCUT2D eigenvalue weighted by molar-refractivity contribution is 6.31. The average molecular weight is 254 g/mol. The third-order valence-electron chi connectivity index (χ3n) is 2.62. The van der Waals surface area contributed by atoms with Gasteiger partial charge in [0.1, 0.15) is 0 Å². The van der Waals surface area contributed by atoms with E-state index in [0.717, 1.165) is 5.56 Å². The third kappa shape index (κ3) is 3.56. The molecule has 0 fully saturated rings. The fourth-order valence-corrected chi connectivity index (χ4v) is 1.67. The number of nitrogens with one attached hydrogen (secondary N) is 1. The number of amides is 1. The van der Waals surface area contributed by atoms with Crippen LogP contribution in [0.25, 0.3) is 0 Å². The number of aryl methyl sites for hydroxylation is 1. The van der Waals surface area contributed by atoms with Gasteiger partial charge in [0, 0.05) is 17.0 Å². The Balaban J connectivity index is 2.83. The van der Waals surface area contributed by atoms with E-state index >= 15 is 0 Å². The molecule has 1 aromatic carbocycles. The Kier molecular flexibility index (Phi) is 4.70. The molecule has 1 atom stereocenters. The summed E-state index contributed by atoms with van der Waals surface area (Å²) >= 11 is 5.84. The molecule has 1 N–H and O–H groups in total. The number of hydrogen-bond donors (Lipinski definition) is 1. The largest absolute Gasteiger partial charge is 0.343 e. The van der Waals surface area contributed by atoms with Gasteiger partial charge in [-0.2, -0.15) is 0 Å². The van der Waals surface area contributed by atoms with Gasteiger partial charge < -0.3 is 5.32 Å². The summed E-state index contributed by atoms with van der Waals surface area (Å²) < 4.78 is 0. The molecule has 1 amide bonds. The number of hydrogen-bond acceptors (Lipinski definition) is 2. The fraction of sp³-hybridized carbons (Fsp3) is 0.385. The molecule has 0 radical (unpaired) electrons. The molecule has 3 nitrogen and oxygen atoms in total. The van der Waals surface area contributed by atoms with Gasteiger partial charge in [0.05, 0.1) is 6.04 Å². The van der Waals surface area contributed by atoms with Gasteiger partial charge in [-0.15, -0.1) is 0 Å². The van der Waals surface area contributed by atoms with Gasteiger partial charge in [0.2, 0.25) is 0 Å². The summed E-state index contributed by atoms with van der Waals surface area (Å²) in [4.78, 5) is 23.3. The van der Waals surface area contributed by atoms with Crippen LogP contribution in [0, 0.1) is 6.92 Å².